The van der Waals surface area contributed by atoms with Gasteiger partial charge in [-0.2, -0.15) is 18.3 Å². The van der Waals surface area contributed by atoms with Gasteiger partial charge in [-0.25, -0.2) is 0 Å². The summed E-state index contributed by atoms with van der Waals surface area (Å²) in [4.78, 5) is 15.2. The molecule has 0 saturated heterocycles. The van der Waals surface area contributed by atoms with Crippen molar-refractivity contribution in [2.24, 2.45) is 0 Å². The molecule has 1 aromatic heterocycles. The van der Waals surface area contributed by atoms with Crippen molar-refractivity contribution < 1.29 is 18.0 Å². The molecule has 4 rings (SSSR count). The Hall–Kier alpha value is -2.35. The number of anilines is 1. The van der Waals surface area contributed by atoms with E-state index in [1.807, 2.05) is 7.05 Å². The summed E-state index contributed by atoms with van der Waals surface area (Å²) in [5.41, 5.74) is 1.45. The van der Waals surface area contributed by atoms with Crippen LogP contribution in [0.25, 0.3) is 0 Å². The number of nitrogens with zero attached hydrogens (tertiary/aromatic N) is 3. The van der Waals surface area contributed by atoms with Crippen molar-refractivity contribution in [2.45, 2.75) is 57.4 Å². The predicted molar refractivity (Wildman–Crippen MR) is 98.8 cm³/mol. The second-order valence-corrected chi connectivity index (χ2v) is 8.29. The third-order valence-electron chi connectivity index (χ3n) is 5.54. The number of hydrogen-bond donors (Lipinski definition) is 1. The lowest BCUT2D eigenvalue weighted by Gasteiger charge is -2.27. The quantitative estimate of drug-likeness (QED) is 0.852. The van der Waals surface area contributed by atoms with Crippen molar-refractivity contribution in [3.05, 3.63) is 46.8 Å². The maximum atomic E-state index is 13.1. The van der Waals surface area contributed by atoms with Crippen LogP contribution in [0.5, 0.6) is 0 Å². The third-order valence-corrected chi connectivity index (χ3v) is 5.54. The molecular weight excluding hydrogens is 369 g/mol. The Balaban J connectivity index is 1.62. The van der Waals surface area contributed by atoms with Crippen LogP contribution in [0.3, 0.4) is 0 Å². The summed E-state index contributed by atoms with van der Waals surface area (Å²) in [6, 6.07) is 3.56. The fourth-order valence-electron chi connectivity index (χ4n) is 3.75. The van der Waals surface area contributed by atoms with E-state index in [-0.39, 0.29) is 11.8 Å². The van der Waals surface area contributed by atoms with Gasteiger partial charge in [0.25, 0.3) is 5.91 Å². The molecule has 1 aliphatic heterocycles. The number of amides is 1. The summed E-state index contributed by atoms with van der Waals surface area (Å²) >= 11 is 0. The number of rotatable bonds is 4. The molecule has 28 heavy (non-hydrogen) atoms. The van der Waals surface area contributed by atoms with E-state index in [0.29, 0.717) is 17.8 Å². The molecule has 1 aromatic carbocycles. The maximum Gasteiger partial charge on any atom is 0.416 e. The van der Waals surface area contributed by atoms with Crippen LogP contribution >= 0.6 is 0 Å². The highest BCUT2D eigenvalue weighted by atomic mass is 19.4. The average Bonchev–Trinajstić information content (AvgIpc) is 3.27. The highest BCUT2D eigenvalue weighted by molar-refractivity contribution is 5.97. The molecule has 0 unspecified atom stereocenters. The number of aromatic nitrogens is 2. The predicted octanol–water partition coefficient (Wildman–Crippen LogP) is 4.10. The second-order valence-electron chi connectivity index (χ2n) is 8.29. The number of nitrogens with one attached hydrogen (secondary N) is 1. The number of alkyl halides is 3. The van der Waals surface area contributed by atoms with Gasteiger partial charge in [-0.3, -0.25) is 14.4 Å². The zero-order valence-electron chi connectivity index (χ0n) is 16.1. The lowest BCUT2D eigenvalue weighted by molar-refractivity contribution is -0.137. The van der Waals surface area contributed by atoms with E-state index in [1.165, 1.54) is 12.1 Å². The number of halogens is 3. The zero-order chi connectivity index (χ0) is 20.3. The standard InChI is InChI=1S/C20H23F3N4O/c1-19(2,27-17-11-26(3)10-13(17)9-24-27)18(28)25-16-7-6-14(20(21,22)23)8-15(16)12-4-5-12/h6-9,12H,4-5,10-11H2,1-3H3,(H,25,28). The van der Waals surface area contributed by atoms with Gasteiger partial charge in [-0.15, -0.1) is 0 Å². The Morgan fingerprint density at radius 3 is 2.57 bits per heavy atom. The molecule has 2 aromatic rings. The van der Waals surface area contributed by atoms with Gasteiger partial charge < -0.3 is 5.32 Å². The highest BCUT2D eigenvalue weighted by Crippen LogP contribution is 2.45. The van der Waals surface area contributed by atoms with Crippen molar-refractivity contribution >= 4 is 11.6 Å². The van der Waals surface area contributed by atoms with Gasteiger partial charge in [-0.05, 0) is 63.4 Å². The van der Waals surface area contributed by atoms with Gasteiger partial charge >= 0.3 is 6.18 Å². The first-order valence-corrected chi connectivity index (χ1v) is 9.35. The van der Waals surface area contributed by atoms with Crippen LogP contribution in [0.15, 0.2) is 24.4 Å². The fraction of sp³-hybridized carbons (Fsp3) is 0.500. The van der Waals surface area contributed by atoms with Crippen LogP contribution in [0.4, 0.5) is 18.9 Å². The second kappa shape index (κ2) is 6.34. The number of benzene rings is 1. The molecule has 2 heterocycles. The maximum absolute atomic E-state index is 13.1. The van der Waals surface area contributed by atoms with E-state index in [0.717, 1.165) is 36.7 Å². The van der Waals surface area contributed by atoms with Crippen LogP contribution in [-0.2, 0) is 29.6 Å². The summed E-state index contributed by atoms with van der Waals surface area (Å²) < 4.78 is 41.0. The lowest BCUT2D eigenvalue weighted by Crippen LogP contribution is -2.42. The number of carbonyl (C=O) groups excluding carboxylic acids is 1. The average molecular weight is 392 g/mol. The van der Waals surface area contributed by atoms with Crippen LogP contribution < -0.4 is 5.32 Å². The zero-order valence-corrected chi connectivity index (χ0v) is 16.1. The lowest BCUT2D eigenvalue weighted by atomic mass is 10.0. The van der Waals surface area contributed by atoms with E-state index in [1.54, 1.807) is 24.7 Å². The molecule has 2 aliphatic rings. The third kappa shape index (κ3) is 3.30. The molecule has 0 atom stereocenters. The van der Waals surface area contributed by atoms with Crippen molar-refractivity contribution in [2.75, 3.05) is 12.4 Å². The van der Waals surface area contributed by atoms with Crippen LogP contribution in [0, 0.1) is 0 Å². The van der Waals surface area contributed by atoms with Crippen molar-refractivity contribution in [3.8, 4) is 0 Å². The minimum atomic E-state index is -4.40. The van der Waals surface area contributed by atoms with E-state index in [4.69, 9.17) is 0 Å². The molecule has 0 bridgehead atoms. The first kappa shape index (κ1) is 19.0. The number of hydrogen-bond acceptors (Lipinski definition) is 3. The molecule has 8 heteroatoms. The Morgan fingerprint density at radius 2 is 1.93 bits per heavy atom. The van der Waals surface area contributed by atoms with Crippen LogP contribution in [-0.4, -0.2) is 27.6 Å². The minimum absolute atomic E-state index is 0.0725. The van der Waals surface area contributed by atoms with E-state index in [2.05, 4.69) is 15.3 Å². The molecule has 0 radical (unpaired) electrons. The first-order valence-electron chi connectivity index (χ1n) is 9.35. The molecule has 1 aliphatic carbocycles. The van der Waals surface area contributed by atoms with Gasteiger partial charge in [0.05, 0.1) is 17.5 Å². The summed E-state index contributed by atoms with van der Waals surface area (Å²) in [5.74, 6) is -0.224. The molecular formula is C20H23F3N4O. The van der Waals surface area contributed by atoms with Gasteiger partial charge in [0.1, 0.15) is 5.54 Å². The van der Waals surface area contributed by atoms with Crippen molar-refractivity contribution in [1.82, 2.24) is 14.7 Å². The fourth-order valence-corrected chi connectivity index (χ4v) is 3.75. The van der Waals surface area contributed by atoms with Gasteiger partial charge in [0.15, 0.2) is 0 Å². The van der Waals surface area contributed by atoms with E-state index < -0.39 is 17.3 Å². The molecule has 0 spiro atoms. The van der Waals surface area contributed by atoms with Crippen LogP contribution in [0.1, 0.15) is 55.0 Å². The Labute approximate surface area is 161 Å². The van der Waals surface area contributed by atoms with Crippen molar-refractivity contribution in [3.63, 3.8) is 0 Å². The Morgan fingerprint density at radius 1 is 1.21 bits per heavy atom. The molecule has 5 nitrogen and oxygen atoms in total. The summed E-state index contributed by atoms with van der Waals surface area (Å²) in [6.07, 6.45) is -0.937. The number of carbonyl (C=O) groups is 1. The molecule has 1 fully saturated rings. The molecule has 1 N–H and O–H groups in total. The van der Waals surface area contributed by atoms with Crippen molar-refractivity contribution in [1.29, 1.82) is 0 Å². The monoisotopic (exact) mass is 392 g/mol. The SMILES string of the molecule is CN1Cc2cnn(C(C)(C)C(=O)Nc3ccc(C(F)(F)F)cc3C3CC3)c2C1. The molecule has 1 amide bonds. The normalized spacial score (nSPS) is 17.6. The largest absolute Gasteiger partial charge is 0.416 e. The first-order chi connectivity index (χ1) is 13.1. The van der Waals surface area contributed by atoms with E-state index >= 15 is 0 Å². The van der Waals surface area contributed by atoms with Crippen LogP contribution in [0.2, 0.25) is 0 Å². The summed E-state index contributed by atoms with van der Waals surface area (Å²) in [7, 11) is 2.00. The van der Waals surface area contributed by atoms with Gasteiger partial charge in [-0.1, -0.05) is 0 Å². The van der Waals surface area contributed by atoms with Gasteiger partial charge in [0.2, 0.25) is 0 Å². The summed E-state index contributed by atoms with van der Waals surface area (Å²) in [6.45, 7) is 5.04. The Bertz CT molecular complexity index is 928. The Kier molecular flexibility index (Phi) is 4.30. The molecule has 150 valence electrons. The topological polar surface area (TPSA) is 50.2 Å². The smallest absolute Gasteiger partial charge is 0.324 e. The highest BCUT2D eigenvalue weighted by Gasteiger charge is 2.38. The minimum Gasteiger partial charge on any atom is -0.324 e. The van der Waals surface area contributed by atoms with E-state index in [9.17, 15) is 18.0 Å². The number of fused-ring (bicyclic) bond motifs is 1. The molecule has 1 saturated carbocycles. The van der Waals surface area contributed by atoms with Gasteiger partial charge in [0, 0.05) is 24.3 Å². The summed E-state index contributed by atoms with van der Waals surface area (Å²) in [5, 5.41) is 7.26.